The Kier molecular flexibility index (Phi) is 8.33. The van der Waals surface area contributed by atoms with Crippen LogP contribution in [-0.4, -0.2) is 59.0 Å². The molecule has 0 unspecified atom stereocenters. The van der Waals surface area contributed by atoms with Crippen molar-refractivity contribution in [3.8, 4) is 28.1 Å². The Morgan fingerprint density at radius 3 is 2.50 bits per heavy atom. The summed E-state index contributed by atoms with van der Waals surface area (Å²) in [6.07, 6.45) is 3.91. The predicted octanol–water partition coefficient (Wildman–Crippen LogP) is 4.77. The number of hydrogen-bond acceptors (Lipinski definition) is 7. The number of hydrogen-bond donors (Lipinski definition) is 2. The number of rotatable bonds is 8. The molecule has 0 bridgehead atoms. The molecule has 0 radical (unpaired) electrons. The number of carbonyl (C=O) groups is 2. The maximum Gasteiger partial charge on any atom is 0.254 e. The minimum Gasteiger partial charge on any atom is -0.478 e. The highest BCUT2D eigenvalue weighted by Gasteiger charge is 2.32. The Balaban J connectivity index is 1.43. The number of benzene rings is 2. The molecule has 3 heterocycles. The molecular weight excluding hydrogens is 535 g/mol. The first-order valence-corrected chi connectivity index (χ1v) is 13.9. The summed E-state index contributed by atoms with van der Waals surface area (Å²) in [6.45, 7) is 5.70. The van der Waals surface area contributed by atoms with Gasteiger partial charge in [0, 0.05) is 60.4 Å². The summed E-state index contributed by atoms with van der Waals surface area (Å²) < 4.78 is 19.9. The molecule has 4 aromatic rings. The number of nitrogens with two attached hydrogens (primary N) is 2. The number of ether oxygens (including phenoxy) is 1. The zero-order chi connectivity index (χ0) is 29.8. The lowest BCUT2D eigenvalue weighted by atomic mass is 9.97. The smallest absolute Gasteiger partial charge is 0.254 e. The second kappa shape index (κ2) is 12.3. The van der Waals surface area contributed by atoms with Crippen molar-refractivity contribution >= 4 is 23.3 Å². The molecule has 1 aliphatic rings. The van der Waals surface area contributed by atoms with Crippen LogP contribution in [0.3, 0.4) is 0 Å². The molecule has 1 fully saturated rings. The van der Waals surface area contributed by atoms with Gasteiger partial charge in [-0.15, -0.1) is 0 Å². The van der Waals surface area contributed by atoms with Crippen LogP contribution in [0, 0.1) is 5.82 Å². The van der Waals surface area contributed by atoms with Gasteiger partial charge in [-0.1, -0.05) is 13.0 Å². The van der Waals surface area contributed by atoms with Gasteiger partial charge in [-0.3, -0.25) is 9.59 Å². The van der Waals surface area contributed by atoms with E-state index in [1.807, 2.05) is 38.1 Å². The molecular formula is C32H33FN6O3. The SMILES string of the molecule is CCOc1ncccc1-c1ccc(N2CCN(C(=O)c3ccc(F)cc3-c3ccc(N)nc3)C[C@H]2CC)c(C(N)=O)c1. The van der Waals surface area contributed by atoms with Gasteiger partial charge in [0.05, 0.1) is 12.2 Å². The van der Waals surface area contributed by atoms with Crippen molar-refractivity contribution < 1.29 is 18.7 Å². The van der Waals surface area contributed by atoms with E-state index in [0.29, 0.717) is 65.9 Å². The lowest BCUT2D eigenvalue weighted by Crippen LogP contribution is -2.55. The molecule has 2 aromatic heterocycles. The normalized spacial score (nSPS) is 15.0. The highest BCUT2D eigenvalue weighted by atomic mass is 19.1. The van der Waals surface area contributed by atoms with Crippen LogP contribution < -0.4 is 21.1 Å². The van der Waals surface area contributed by atoms with Crippen molar-refractivity contribution in [3.05, 3.63) is 90.0 Å². The topological polar surface area (TPSA) is 128 Å². The summed E-state index contributed by atoms with van der Waals surface area (Å²) in [5.74, 6) is -0.377. The lowest BCUT2D eigenvalue weighted by molar-refractivity contribution is 0.0721. The zero-order valence-electron chi connectivity index (χ0n) is 23.6. The maximum absolute atomic E-state index is 14.2. The van der Waals surface area contributed by atoms with Gasteiger partial charge in [-0.25, -0.2) is 14.4 Å². The summed E-state index contributed by atoms with van der Waals surface area (Å²) in [4.78, 5) is 38.8. The highest BCUT2D eigenvalue weighted by Crippen LogP contribution is 2.34. The van der Waals surface area contributed by atoms with Gasteiger partial charge in [-0.05, 0) is 79.1 Å². The van der Waals surface area contributed by atoms with E-state index in [-0.39, 0.29) is 11.9 Å². The van der Waals surface area contributed by atoms with Gasteiger partial charge in [0.25, 0.3) is 11.8 Å². The summed E-state index contributed by atoms with van der Waals surface area (Å²) in [7, 11) is 0. The van der Waals surface area contributed by atoms with Gasteiger partial charge < -0.3 is 26.0 Å². The van der Waals surface area contributed by atoms with Crippen LogP contribution in [0.25, 0.3) is 22.3 Å². The van der Waals surface area contributed by atoms with E-state index in [1.54, 1.807) is 29.3 Å². The fourth-order valence-corrected chi connectivity index (χ4v) is 5.40. The van der Waals surface area contributed by atoms with Crippen molar-refractivity contribution in [1.82, 2.24) is 14.9 Å². The molecule has 2 amide bonds. The van der Waals surface area contributed by atoms with Crippen molar-refractivity contribution in [1.29, 1.82) is 0 Å². The summed E-state index contributed by atoms with van der Waals surface area (Å²) in [6, 6.07) is 16.7. The molecule has 2 aromatic carbocycles. The van der Waals surface area contributed by atoms with Gasteiger partial charge in [0.1, 0.15) is 11.6 Å². The number of nitrogens with zero attached hydrogens (tertiary/aromatic N) is 4. The zero-order valence-corrected chi connectivity index (χ0v) is 23.6. The summed E-state index contributed by atoms with van der Waals surface area (Å²) in [5, 5.41) is 0. The molecule has 216 valence electrons. The minimum atomic E-state index is -0.546. The van der Waals surface area contributed by atoms with Crippen molar-refractivity contribution in [2.24, 2.45) is 5.73 Å². The second-order valence-electron chi connectivity index (χ2n) is 10.1. The quantitative estimate of drug-likeness (QED) is 0.313. The maximum atomic E-state index is 14.2. The number of anilines is 2. The molecule has 0 saturated carbocycles. The molecule has 1 saturated heterocycles. The van der Waals surface area contributed by atoms with E-state index >= 15 is 0 Å². The monoisotopic (exact) mass is 568 g/mol. The first-order chi connectivity index (χ1) is 20.3. The first kappa shape index (κ1) is 28.5. The molecule has 1 atom stereocenters. The van der Waals surface area contributed by atoms with Crippen LogP contribution in [0.4, 0.5) is 15.9 Å². The Morgan fingerprint density at radius 2 is 1.79 bits per heavy atom. The average Bonchev–Trinajstić information content (AvgIpc) is 3.01. The summed E-state index contributed by atoms with van der Waals surface area (Å²) in [5.41, 5.74) is 15.7. The predicted molar refractivity (Wildman–Crippen MR) is 161 cm³/mol. The van der Waals surface area contributed by atoms with Gasteiger partial charge in [-0.2, -0.15) is 0 Å². The first-order valence-electron chi connectivity index (χ1n) is 13.9. The third kappa shape index (κ3) is 5.74. The third-order valence-electron chi connectivity index (χ3n) is 7.49. The number of primary amides is 1. The Labute approximate surface area is 243 Å². The van der Waals surface area contributed by atoms with E-state index in [4.69, 9.17) is 16.2 Å². The molecule has 10 heteroatoms. The number of nitrogen functional groups attached to an aromatic ring is 1. The van der Waals surface area contributed by atoms with Gasteiger partial charge >= 0.3 is 0 Å². The van der Waals surface area contributed by atoms with E-state index in [9.17, 15) is 14.0 Å². The summed E-state index contributed by atoms with van der Waals surface area (Å²) >= 11 is 0. The molecule has 4 N–H and O–H groups in total. The Morgan fingerprint density at radius 1 is 0.976 bits per heavy atom. The molecule has 0 aliphatic carbocycles. The van der Waals surface area contributed by atoms with Crippen molar-refractivity contribution in [2.45, 2.75) is 26.3 Å². The molecule has 5 rings (SSSR count). The van der Waals surface area contributed by atoms with Crippen LogP contribution in [0.15, 0.2) is 73.1 Å². The number of pyridine rings is 2. The largest absolute Gasteiger partial charge is 0.478 e. The van der Waals surface area contributed by atoms with Gasteiger partial charge in [0.15, 0.2) is 0 Å². The standard InChI is InChI=1S/C32H33FN6O3/c1-3-23-19-38(32(41)25-10-9-22(33)17-26(25)21-8-12-29(34)37-18-21)14-15-39(23)28-11-7-20(16-27(28)30(35)40)24-6-5-13-36-31(24)42-4-2/h5-13,16-18,23H,3-4,14-15,19H2,1-2H3,(H2,34,37)(H2,35,40)/t23-/m1/s1. The van der Waals surface area contributed by atoms with E-state index in [0.717, 1.165) is 17.5 Å². The Hall–Kier alpha value is -4.99. The number of amides is 2. The van der Waals surface area contributed by atoms with Crippen LogP contribution in [0.5, 0.6) is 5.88 Å². The molecule has 1 aliphatic heterocycles. The number of piperazine rings is 1. The highest BCUT2D eigenvalue weighted by molar-refractivity contribution is 6.02. The average molecular weight is 569 g/mol. The van der Waals surface area contributed by atoms with Crippen LogP contribution in [-0.2, 0) is 0 Å². The fourth-order valence-electron chi connectivity index (χ4n) is 5.40. The minimum absolute atomic E-state index is 0.0777. The Bertz CT molecular complexity index is 1610. The van der Waals surface area contributed by atoms with Crippen molar-refractivity contribution in [2.75, 3.05) is 36.9 Å². The van der Waals surface area contributed by atoms with Crippen molar-refractivity contribution in [3.63, 3.8) is 0 Å². The van der Waals surface area contributed by atoms with Crippen LogP contribution in [0.2, 0.25) is 0 Å². The number of aromatic nitrogens is 2. The molecule has 9 nitrogen and oxygen atoms in total. The second-order valence-corrected chi connectivity index (χ2v) is 10.1. The third-order valence-corrected chi connectivity index (χ3v) is 7.49. The van der Waals surface area contributed by atoms with Crippen LogP contribution >= 0.6 is 0 Å². The lowest BCUT2D eigenvalue weighted by Gasteiger charge is -2.43. The number of carbonyl (C=O) groups excluding carboxylic acids is 2. The van der Waals surface area contributed by atoms with E-state index in [2.05, 4.69) is 14.9 Å². The van der Waals surface area contributed by atoms with E-state index in [1.165, 1.54) is 24.4 Å². The number of halogens is 1. The van der Waals surface area contributed by atoms with E-state index < -0.39 is 11.7 Å². The molecule has 0 spiro atoms. The van der Waals surface area contributed by atoms with Crippen LogP contribution in [0.1, 0.15) is 41.0 Å². The fraction of sp³-hybridized carbons (Fsp3) is 0.250. The van der Waals surface area contributed by atoms with Gasteiger partial charge in [0.2, 0.25) is 5.88 Å². The molecule has 42 heavy (non-hydrogen) atoms.